The number of ether oxygens (including phenoxy) is 2. The van der Waals surface area contributed by atoms with Crippen LogP contribution in [0.25, 0.3) is 21.9 Å². The molecule has 0 saturated heterocycles. The zero-order valence-electron chi connectivity index (χ0n) is 14.9. The molecule has 0 saturated carbocycles. The van der Waals surface area contributed by atoms with Gasteiger partial charge in [-0.05, 0) is 36.4 Å². The molecule has 1 aromatic heterocycles. The normalized spacial score (nSPS) is 10.7. The molecule has 0 spiro atoms. The number of para-hydroxylation sites is 2. The van der Waals surface area contributed by atoms with Crippen molar-refractivity contribution in [3.63, 3.8) is 0 Å². The lowest BCUT2D eigenvalue weighted by Gasteiger charge is -2.08. The molecule has 3 aromatic carbocycles. The van der Waals surface area contributed by atoms with E-state index in [0.717, 1.165) is 21.9 Å². The zero-order chi connectivity index (χ0) is 19.3. The van der Waals surface area contributed by atoms with Crippen LogP contribution < -0.4 is 10.1 Å². The molecule has 1 amide bonds. The molecule has 6 heteroatoms. The number of anilines is 1. The molecule has 0 aliphatic carbocycles. The van der Waals surface area contributed by atoms with Gasteiger partial charge in [0.25, 0.3) is 5.91 Å². The molecular weight excluding hydrogens is 358 g/mol. The van der Waals surface area contributed by atoms with E-state index in [9.17, 15) is 9.59 Å². The van der Waals surface area contributed by atoms with Gasteiger partial charge in [0.05, 0.1) is 0 Å². The number of nitrogens with one attached hydrogen (secondary N) is 1. The zero-order valence-corrected chi connectivity index (χ0v) is 14.9. The van der Waals surface area contributed by atoms with Crippen molar-refractivity contribution in [3.05, 3.63) is 72.8 Å². The van der Waals surface area contributed by atoms with Gasteiger partial charge in [0.2, 0.25) is 0 Å². The fourth-order valence-electron chi connectivity index (χ4n) is 2.85. The summed E-state index contributed by atoms with van der Waals surface area (Å²) in [7, 11) is 0. The van der Waals surface area contributed by atoms with Gasteiger partial charge >= 0.3 is 5.97 Å². The van der Waals surface area contributed by atoms with Gasteiger partial charge in [-0.15, -0.1) is 0 Å². The highest BCUT2D eigenvalue weighted by Crippen LogP contribution is 2.30. The van der Waals surface area contributed by atoms with Crippen LogP contribution in [0.3, 0.4) is 0 Å². The van der Waals surface area contributed by atoms with E-state index < -0.39 is 11.9 Å². The highest BCUT2D eigenvalue weighted by atomic mass is 16.6. The molecule has 0 bridgehead atoms. The van der Waals surface area contributed by atoms with Crippen molar-refractivity contribution < 1.29 is 23.5 Å². The minimum atomic E-state index is -0.615. The van der Waals surface area contributed by atoms with E-state index in [1.807, 2.05) is 36.4 Å². The van der Waals surface area contributed by atoms with Crippen LogP contribution in [0.1, 0.15) is 0 Å². The smallest absolute Gasteiger partial charge is 0.344 e. The third kappa shape index (κ3) is 3.96. The van der Waals surface area contributed by atoms with Crippen molar-refractivity contribution in [3.8, 4) is 5.75 Å². The van der Waals surface area contributed by atoms with Crippen LogP contribution in [0.5, 0.6) is 5.75 Å². The minimum absolute atomic E-state index is 0.260. The Morgan fingerprint density at radius 1 is 0.821 bits per heavy atom. The summed E-state index contributed by atoms with van der Waals surface area (Å²) in [5, 5.41) is 4.59. The number of rotatable bonds is 6. The summed E-state index contributed by atoms with van der Waals surface area (Å²) < 4.78 is 16.0. The van der Waals surface area contributed by atoms with E-state index in [4.69, 9.17) is 13.9 Å². The van der Waals surface area contributed by atoms with E-state index in [2.05, 4.69) is 5.32 Å². The van der Waals surface area contributed by atoms with Gasteiger partial charge in [0, 0.05) is 16.5 Å². The van der Waals surface area contributed by atoms with Crippen LogP contribution in [-0.4, -0.2) is 25.1 Å². The molecule has 1 heterocycles. The average Bonchev–Trinajstić information content (AvgIpc) is 3.09. The molecular formula is C22H17NO5. The molecule has 0 fully saturated rings. The molecule has 0 aliphatic heterocycles. The Morgan fingerprint density at radius 2 is 1.57 bits per heavy atom. The van der Waals surface area contributed by atoms with Crippen LogP contribution in [0.4, 0.5) is 5.69 Å². The summed E-state index contributed by atoms with van der Waals surface area (Å²) in [4.78, 5) is 23.8. The first-order chi connectivity index (χ1) is 13.7. The van der Waals surface area contributed by atoms with Crippen LogP contribution in [0, 0.1) is 0 Å². The molecule has 6 nitrogen and oxygen atoms in total. The summed E-state index contributed by atoms with van der Waals surface area (Å²) >= 11 is 0. The second-order valence-electron chi connectivity index (χ2n) is 6.12. The highest BCUT2D eigenvalue weighted by molar-refractivity contribution is 6.07. The second kappa shape index (κ2) is 7.84. The van der Waals surface area contributed by atoms with Crippen LogP contribution >= 0.6 is 0 Å². The molecule has 0 unspecified atom stereocenters. The Bertz CT molecular complexity index is 1130. The number of fused-ring (bicyclic) bond motifs is 3. The number of furan rings is 1. The number of hydrogen-bond donors (Lipinski definition) is 1. The largest absolute Gasteiger partial charge is 0.482 e. The lowest BCUT2D eigenvalue weighted by atomic mass is 10.1. The summed E-state index contributed by atoms with van der Waals surface area (Å²) in [6, 6.07) is 22.0. The second-order valence-corrected chi connectivity index (χ2v) is 6.12. The van der Waals surface area contributed by atoms with Crippen LogP contribution in [0.15, 0.2) is 77.2 Å². The number of carbonyl (C=O) groups is 2. The molecule has 1 N–H and O–H groups in total. The number of amides is 1. The van der Waals surface area contributed by atoms with E-state index in [1.165, 1.54) is 0 Å². The maximum atomic E-state index is 12.1. The quantitative estimate of drug-likeness (QED) is 0.512. The van der Waals surface area contributed by atoms with Crippen molar-refractivity contribution in [2.45, 2.75) is 0 Å². The average molecular weight is 375 g/mol. The van der Waals surface area contributed by atoms with E-state index in [-0.39, 0.29) is 13.2 Å². The lowest BCUT2D eigenvalue weighted by Crippen LogP contribution is -2.23. The minimum Gasteiger partial charge on any atom is -0.482 e. The molecule has 4 rings (SSSR count). The van der Waals surface area contributed by atoms with Gasteiger partial charge in [-0.3, -0.25) is 4.79 Å². The van der Waals surface area contributed by atoms with Crippen molar-refractivity contribution in [1.29, 1.82) is 0 Å². The fourth-order valence-corrected chi connectivity index (χ4v) is 2.85. The Kier molecular flexibility index (Phi) is 4.93. The summed E-state index contributed by atoms with van der Waals surface area (Å²) in [5.74, 6) is -0.486. The van der Waals surface area contributed by atoms with E-state index >= 15 is 0 Å². The van der Waals surface area contributed by atoms with E-state index in [1.54, 1.807) is 36.4 Å². The van der Waals surface area contributed by atoms with Crippen molar-refractivity contribution in [1.82, 2.24) is 0 Å². The predicted octanol–water partition coefficient (Wildman–Crippen LogP) is 4.15. The molecule has 0 radical (unpaired) electrons. The lowest BCUT2D eigenvalue weighted by molar-refractivity contribution is -0.149. The first-order valence-corrected chi connectivity index (χ1v) is 8.74. The maximum Gasteiger partial charge on any atom is 0.344 e. The molecule has 4 aromatic rings. The third-order valence-electron chi connectivity index (χ3n) is 4.12. The Balaban J connectivity index is 1.33. The van der Waals surface area contributed by atoms with Gasteiger partial charge in [0.15, 0.2) is 13.2 Å². The van der Waals surface area contributed by atoms with Gasteiger partial charge in [0.1, 0.15) is 16.9 Å². The summed E-state index contributed by atoms with van der Waals surface area (Å²) in [6.07, 6.45) is 0. The molecule has 140 valence electrons. The summed E-state index contributed by atoms with van der Waals surface area (Å²) in [6.45, 7) is -0.647. The monoisotopic (exact) mass is 375 g/mol. The SMILES string of the molecule is O=C(COC(=O)COc1ccccc1)Nc1ccc2oc3ccccc3c2c1. The summed E-state index contributed by atoms with van der Waals surface area (Å²) in [5.41, 5.74) is 2.12. The van der Waals surface area contributed by atoms with Crippen LogP contribution in [0.2, 0.25) is 0 Å². The first-order valence-electron chi connectivity index (χ1n) is 8.74. The highest BCUT2D eigenvalue weighted by Gasteiger charge is 2.11. The number of esters is 1. The molecule has 0 aliphatic rings. The van der Waals surface area contributed by atoms with Crippen LogP contribution in [-0.2, 0) is 14.3 Å². The van der Waals surface area contributed by atoms with Gasteiger partial charge in [-0.1, -0.05) is 36.4 Å². The van der Waals surface area contributed by atoms with E-state index in [0.29, 0.717) is 11.4 Å². The third-order valence-corrected chi connectivity index (χ3v) is 4.12. The Hall–Kier alpha value is -3.80. The number of hydrogen-bond acceptors (Lipinski definition) is 5. The van der Waals surface area contributed by atoms with Gasteiger partial charge < -0.3 is 19.2 Å². The van der Waals surface area contributed by atoms with Crippen molar-refractivity contribution >= 4 is 39.5 Å². The standard InChI is InChI=1S/C22H17NO5/c24-21(13-27-22(25)14-26-16-6-2-1-3-7-16)23-15-10-11-20-18(12-15)17-8-4-5-9-19(17)28-20/h1-12H,13-14H2,(H,23,24). The first kappa shape index (κ1) is 17.6. The van der Waals surface area contributed by atoms with Crippen molar-refractivity contribution in [2.24, 2.45) is 0 Å². The Morgan fingerprint density at radius 3 is 2.43 bits per heavy atom. The van der Waals surface area contributed by atoms with Crippen molar-refractivity contribution in [2.75, 3.05) is 18.5 Å². The predicted molar refractivity (Wildman–Crippen MR) is 105 cm³/mol. The number of carbonyl (C=O) groups excluding carboxylic acids is 2. The topological polar surface area (TPSA) is 77.8 Å². The molecule has 0 atom stereocenters. The maximum absolute atomic E-state index is 12.1. The number of benzene rings is 3. The molecule has 28 heavy (non-hydrogen) atoms. The fraction of sp³-hybridized carbons (Fsp3) is 0.0909. The Labute approximate surface area is 160 Å². The van der Waals surface area contributed by atoms with Gasteiger partial charge in [-0.2, -0.15) is 0 Å². The van der Waals surface area contributed by atoms with Gasteiger partial charge in [-0.25, -0.2) is 4.79 Å².